The molecule has 2 aliphatic carbocycles. The summed E-state index contributed by atoms with van der Waals surface area (Å²) in [5.41, 5.74) is 3.30. The first-order chi connectivity index (χ1) is 17.6. The molecule has 2 saturated carbocycles. The van der Waals surface area contributed by atoms with Gasteiger partial charge in [-0.3, -0.25) is 4.79 Å². The third-order valence-corrected chi connectivity index (χ3v) is 7.12. The molecular formula is C28H32N6O2. The fourth-order valence-electron chi connectivity index (χ4n) is 4.90. The Morgan fingerprint density at radius 3 is 2.81 bits per heavy atom. The van der Waals surface area contributed by atoms with Gasteiger partial charge in [-0.25, -0.2) is 9.97 Å². The van der Waals surface area contributed by atoms with Crippen molar-refractivity contribution in [2.75, 3.05) is 36.5 Å². The Morgan fingerprint density at radius 1 is 1.28 bits per heavy atom. The number of nitriles is 1. The van der Waals surface area contributed by atoms with Crippen LogP contribution in [-0.2, 0) is 4.79 Å². The summed E-state index contributed by atoms with van der Waals surface area (Å²) in [7, 11) is 0. The van der Waals surface area contributed by atoms with Crippen LogP contribution in [0.2, 0.25) is 0 Å². The lowest BCUT2D eigenvalue weighted by Crippen LogP contribution is -2.56. The minimum atomic E-state index is 0.000868. The van der Waals surface area contributed by atoms with E-state index in [1.807, 2.05) is 23.1 Å². The van der Waals surface area contributed by atoms with Crippen molar-refractivity contribution in [3.63, 3.8) is 0 Å². The van der Waals surface area contributed by atoms with E-state index in [4.69, 9.17) is 10.1 Å². The van der Waals surface area contributed by atoms with Crippen molar-refractivity contribution in [3.05, 3.63) is 59.9 Å². The number of aromatic nitrogens is 2. The molecule has 3 heterocycles. The van der Waals surface area contributed by atoms with Crippen molar-refractivity contribution in [1.82, 2.24) is 14.9 Å². The van der Waals surface area contributed by atoms with Crippen molar-refractivity contribution in [2.45, 2.75) is 44.1 Å². The van der Waals surface area contributed by atoms with Gasteiger partial charge in [-0.1, -0.05) is 18.7 Å². The van der Waals surface area contributed by atoms with E-state index in [-0.39, 0.29) is 18.6 Å². The SMILES string of the molecule is C=Cc1ccnc(Nc2cc(C#N)c(N3CCN(C(=O)C=CCCO)[C@H](C4CC4)C3)nc2C2CC2)c1. The molecule has 0 spiro atoms. The van der Waals surface area contributed by atoms with E-state index < -0.39 is 0 Å². The van der Waals surface area contributed by atoms with E-state index in [0.29, 0.717) is 55.1 Å². The van der Waals surface area contributed by atoms with Crippen LogP contribution in [0.4, 0.5) is 17.3 Å². The number of hydrogen-bond acceptors (Lipinski definition) is 7. The fraction of sp³-hybridized carbons (Fsp3) is 0.429. The number of anilines is 3. The number of piperazine rings is 1. The van der Waals surface area contributed by atoms with Crippen molar-refractivity contribution in [3.8, 4) is 6.07 Å². The van der Waals surface area contributed by atoms with Crippen molar-refractivity contribution in [1.29, 1.82) is 5.26 Å². The topological polar surface area (TPSA) is 105 Å². The molecule has 1 aliphatic heterocycles. The van der Waals surface area contributed by atoms with Crippen molar-refractivity contribution >= 4 is 29.3 Å². The highest BCUT2D eigenvalue weighted by molar-refractivity contribution is 5.88. The predicted octanol–water partition coefficient (Wildman–Crippen LogP) is 3.98. The van der Waals surface area contributed by atoms with Gasteiger partial charge in [-0.05, 0) is 67.9 Å². The van der Waals surface area contributed by atoms with Crippen LogP contribution in [0.25, 0.3) is 6.08 Å². The number of nitrogens with zero attached hydrogens (tertiary/aromatic N) is 5. The molecule has 8 heteroatoms. The summed E-state index contributed by atoms with van der Waals surface area (Å²) in [6, 6.07) is 8.19. The van der Waals surface area contributed by atoms with Gasteiger partial charge < -0.3 is 20.2 Å². The van der Waals surface area contributed by atoms with E-state index in [1.54, 1.807) is 24.4 Å². The number of nitrogens with one attached hydrogen (secondary N) is 1. The fourth-order valence-corrected chi connectivity index (χ4v) is 4.90. The van der Waals surface area contributed by atoms with Gasteiger partial charge in [0.1, 0.15) is 17.7 Å². The highest BCUT2D eigenvalue weighted by atomic mass is 16.2. The average Bonchev–Trinajstić information content (AvgIpc) is 3.82. The molecule has 1 saturated heterocycles. The van der Waals surface area contributed by atoms with Crippen LogP contribution in [0.3, 0.4) is 0 Å². The Labute approximate surface area is 212 Å². The highest BCUT2D eigenvalue weighted by Gasteiger charge is 2.41. The first kappa shape index (κ1) is 24.0. The first-order valence-corrected chi connectivity index (χ1v) is 12.7. The summed E-state index contributed by atoms with van der Waals surface area (Å²) in [5, 5.41) is 22.4. The number of rotatable bonds is 9. The number of carbonyl (C=O) groups is 1. The summed E-state index contributed by atoms with van der Waals surface area (Å²) in [6.07, 6.45) is 11.7. The molecule has 2 aromatic rings. The largest absolute Gasteiger partial charge is 0.396 e. The van der Waals surface area contributed by atoms with E-state index in [0.717, 1.165) is 42.6 Å². The molecule has 3 aliphatic rings. The maximum atomic E-state index is 12.8. The quantitative estimate of drug-likeness (QED) is 0.519. The van der Waals surface area contributed by atoms with E-state index in [1.165, 1.54) is 0 Å². The summed E-state index contributed by atoms with van der Waals surface area (Å²) in [5.74, 6) is 2.27. The standard InChI is InChI=1S/C28H32N6O2/c1-2-19-10-11-30-25(15-19)31-23-16-22(17-29)28(32-27(23)21-8-9-21)33-12-13-34(24(18-33)20-6-7-20)26(36)5-3-4-14-35/h2-3,5,10-11,15-16,20-21,24,35H,1,4,6-9,12-14,18H2,(H,30,31)/t24-/m0/s1. The molecule has 0 unspecified atom stereocenters. The average molecular weight is 485 g/mol. The zero-order valence-corrected chi connectivity index (χ0v) is 20.4. The summed E-state index contributed by atoms with van der Waals surface area (Å²) in [6.45, 7) is 5.76. The highest BCUT2D eigenvalue weighted by Crippen LogP contribution is 2.45. The molecule has 0 aromatic carbocycles. The van der Waals surface area contributed by atoms with Gasteiger partial charge in [0.2, 0.25) is 5.91 Å². The number of aliphatic hydroxyl groups excluding tert-OH is 1. The van der Waals surface area contributed by atoms with Gasteiger partial charge in [-0.15, -0.1) is 0 Å². The maximum Gasteiger partial charge on any atom is 0.246 e. The zero-order valence-electron chi connectivity index (χ0n) is 20.4. The van der Waals surface area contributed by atoms with Crippen LogP contribution >= 0.6 is 0 Å². The van der Waals surface area contributed by atoms with Crippen LogP contribution < -0.4 is 10.2 Å². The Hall–Kier alpha value is -3.70. The molecule has 5 rings (SSSR count). The summed E-state index contributed by atoms with van der Waals surface area (Å²) >= 11 is 0. The van der Waals surface area contributed by atoms with Gasteiger partial charge in [0, 0.05) is 38.4 Å². The Bertz CT molecular complexity index is 1210. The molecule has 1 atom stereocenters. The Balaban J connectivity index is 1.41. The number of hydrogen-bond donors (Lipinski definition) is 2. The Morgan fingerprint density at radius 2 is 2.11 bits per heavy atom. The number of aliphatic hydroxyl groups is 1. The molecule has 8 nitrogen and oxygen atoms in total. The molecule has 2 aromatic heterocycles. The second kappa shape index (κ2) is 10.5. The van der Waals surface area contributed by atoms with E-state index in [9.17, 15) is 10.1 Å². The second-order valence-electron chi connectivity index (χ2n) is 9.78. The maximum absolute atomic E-state index is 12.8. The normalized spacial score (nSPS) is 19.8. The summed E-state index contributed by atoms with van der Waals surface area (Å²) < 4.78 is 0. The smallest absolute Gasteiger partial charge is 0.246 e. The van der Waals surface area contributed by atoms with Crippen LogP contribution in [0.5, 0.6) is 0 Å². The first-order valence-electron chi connectivity index (χ1n) is 12.7. The second-order valence-corrected chi connectivity index (χ2v) is 9.78. The monoisotopic (exact) mass is 484 g/mol. The Kier molecular flexibility index (Phi) is 7.01. The molecule has 0 radical (unpaired) electrons. The summed E-state index contributed by atoms with van der Waals surface area (Å²) in [4.78, 5) is 26.5. The molecule has 36 heavy (non-hydrogen) atoms. The van der Waals surface area contributed by atoms with Crippen LogP contribution in [0.1, 0.15) is 54.8 Å². The molecule has 3 fully saturated rings. The van der Waals surface area contributed by atoms with Gasteiger partial charge in [-0.2, -0.15) is 5.26 Å². The van der Waals surface area contributed by atoms with Crippen LogP contribution in [0.15, 0.2) is 43.1 Å². The number of carbonyl (C=O) groups excluding carboxylic acids is 1. The van der Waals surface area contributed by atoms with Gasteiger partial charge in [0.15, 0.2) is 0 Å². The third-order valence-electron chi connectivity index (χ3n) is 7.12. The molecule has 2 N–H and O–H groups in total. The third kappa shape index (κ3) is 5.26. The van der Waals surface area contributed by atoms with Crippen molar-refractivity contribution < 1.29 is 9.90 Å². The van der Waals surface area contributed by atoms with E-state index >= 15 is 0 Å². The lowest BCUT2D eigenvalue weighted by atomic mass is 10.0. The number of pyridine rings is 2. The minimum absolute atomic E-state index is 0.000868. The number of amides is 1. The predicted molar refractivity (Wildman–Crippen MR) is 140 cm³/mol. The van der Waals surface area contributed by atoms with Crippen molar-refractivity contribution in [2.24, 2.45) is 5.92 Å². The van der Waals surface area contributed by atoms with Crippen LogP contribution in [-0.4, -0.2) is 58.2 Å². The molecular weight excluding hydrogens is 452 g/mol. The minimum Gasteiger partial charge on any atom is -0.396 e. The van der Waals surface area contributed by atoms with Crippen LogP contribution in [0, 0.1) is 17.2 Å². The van der Waals surface area contributed by atoms with Gasteiger partial charge in [0.05, 0.1) is 23.0 Å². The molecule has 186 valence electrons. The molecule has 1 amide bonds. The lowest BCUT2D eigenvalue weighted by Gasteiger charge is -2.42. The molecule has 0 bridgehead atoms. The van der Waals surface area contributed by atoms with E-state index in [2.05, 4.69) is 27.8 Å². The van der Waals surface area contributed by atoms with Gasteiger partial charge >= 0.3 is 0 Å². The zero-order chi connectivity index (χ0) is 25.1. The van der Waals surface area contributed by atoms with Gasteiger partial charge in [0.25, 0.3) is 0 Å². The lowest BCUT2D eigenvalue weighted by molar-refractivity contribution is -0.129.